The van der Waals surface area contributed by atoms with Crippen LogP contribution in [0, 0.1) is 6.92 Å². The lowest BCUT2D eigenvalue weighted by Gasteiger charge is -2.08. The monoisotopic (exact) mass is 308 g/mol. The highest BCUT2D eigenvalue weighted by Gasteiger charge is 2.29. The van der Waals surface area contributed by atoms with E-state index in [1.165, 1.54) is 5.56 Å². The highest BCUT2D eigenvalue weighted by atomic mass is 16.2. The normalized spacial score (nSPS) is 12.7. The minimum atomic E-state index is -0.473. The third-order valence-electron chi connectivity index (χ3n) is 3.80. The molecule has 2 aromatic carbocycles. The van der Waals surface area contributed by atoms with Crippen molar-refractivity contribution >= 4 is 23.4 Å². The van der Waals surface area contributed by atoms with Crippen LogP contribution in [0.15, 0.2) is 42.5 Å². The Morgan fingerprint density at radius 1 is 1.04 bits per heavy atom. The average molecular weight is 308 g/mol. The van der Waals surface area contributed by atoms with Gasteiger partial charge >= 0.3 is 0 Å². The fraction of sp³-hybridized carbons (Fsp3) is 0.167. The van der Waals surface area contributed by atoms with Gasteiger partial charge in [0.2, 0.25) is 5.91 Å². The highest BCUT2D eigenvalue weighted by Crippen LogP contribution is 2.24. The fourth-order valence-electron chi connectivity index (χ4n) is 2.55. The van der Waals surface area contributed by atoms with E-state index in [0.29, 0.717) is 24.1 Å². The molecule has 0 saturated heterocycles. The third-order valence-corrected chi connectivity index (χ3v) is 3.80. The second-order valence-corrected chi connectivity index (χ2v) is 5.55. The molecule has 5 nitrogen and oxygen atoms in total. The van der Waals surface area contributed by atoms with E-state index in [2.05, 4.69) is 10.6 Å². The highest BCUT2D eigenvalue weighted by molar-refractivity contribution is 6.24. The van der Waals surface area contributed by atoms with E-state index >= 15 is 0 Å². The minimum Gasteiger partial charge on any atom is -0.325 e. The molecule has 3 amide bonds. The van der Waals surface area contributed by atoms with Crippen molar-refractivity contribution in [1.82, 2.24) is 5.32 Å². The Labute approximate surface area is 133 Å². The maximum atomic E-state index is 12.1. The second kappa shape index (κ2) is 6.04. The summed E-state index contributed by atoms with van der Waals surface area (Å²) in [5.74, 6) is -1.09. The molecule has 1 aliphatic rings. The van der Waals surface area contributed by atoms with Crippen LogP contribution < -0.4 is 10.6 Å². The topological polar surface area (TPSA) is 75.3 Å². The zero-order chi connectivity index (χ0) is 16.4. The number of fused-ring (bicyclic) bond motifs is 1. The summed E-state index contributed by atoms with van der Waals surface area (Å²) >= 11 is 0. The van der Waals surface area contributed by atoms with Gasteiger partial charge in [-0.25, -0.2) is 0 Å². The Morgan fingerprint density at radius 3 is 2.52 bits per heavy atom. The van der Waals surface area contributed by atoms with Gasteiger partial charge < -0.3 is 5.32 Å². The molecule has 0 bridgehead atoms. The van der Waals surface area contributed by atoms with Crippen molar-refractivity contribution in [3.63, 3.8) is 0 Å². The number of amides is 3. The molecule has 23 heavy (non-hydrogen) atoms. The number of aryl methyl sites for hydroxylation is 2. The summed E-state index contributed by atoms with van der Waals surface area (Å²) in [4.78, 5) is 35.5. The Bertz CT molecular complexity index is 794. The van der Waals surface area contributed by atoms with Crippen molar-refractivity contribution in [2.75, 3.05) is 5.32 Å². The Hall–Kier alpha value is -2.95. The molecule has 0 spiro atoms. The number of carbonyl (C=O) groups excluding carboxylic acids is 3. The lowest BCUT2D eigenvalue weighted by atomic mass is 10.1. The molecule has 0 aromatic heterocycles. The van der Waals surface area contributed by atoms with Gasteiger partial charge in [0, 0.05) is 6.42 Å². The zero-order valence-corrected chi connectivity index (χ0v) is 12.7. The number of carbonyl (C=O) groups is 3. The zero-order valence-electron chi connectivity index (χ0n) is 12.7. The van der Waals surface area contributed by atoms with Gasteiger partial charge in [-0.3, -0.25) is 19.7 Å². The molecular formula is C18H16N2O3. The van der Waals surface area contributed by atoms with Crippen molar-refractivity contribution in [3.8, 4) is 0 Å². The fourth-order valence-corrected chi connectivity index (χ4v) is 2.55. The van der Waals surface area contributed by atoms with Crippen molar-refractivity contribution < 1.29 is 14.4 Å². The molecule has 2 aromatic rings. The van der Waals surface area contributed by atoms with Crippen LogP contribution in [-0.2, 0) is 11.2 Å². The summed E-state index contributed by atoms with van der Waals surface area (Å²) in [7, 11) is 0. The van der Waals surface area contributed by atoms with Crippen LogP contribution in [0.25, 0.3) is 0 Å². The van der Waals surface area contributed by atoms with Crippen molar-refractivity contribution in [1.29, 1.82) is 0 Å². The Morgan fingerprint density at radius 2 is 1.78 bits per heavy atom. The van der Waals surface area contributed by atoms with Gasteiger partial charge in [-0.1, -0.05) is 35.9 Å². The third kappa shape index (κ3) is 3.13. The van der Waals surface area contributed by atoms with E-state index in [9.17, 15) is 14.4 Å². The smallest absolute Gasteiger partial charge is 0.261 e. The molecule has 1 aliphatic heterocycles. The van der Waals surface area contributed by atoms with Gasteiger partial charge in [-0.2, -0.15) is 0 Å². The lowest BCUT2D eigenvalue weighted by Crippen LogP contribution is -2.21. The second-order valence-electron chi connectivity index (χ2n) is 5.55. The average Bonchev–Trinajstić information content (AvgIpc) is 2.82. The van der Waals surface area contributed by atoms with Crippen LogP contribution in [0.4, 0.5) is 5.69 Å². The van der Waals surface area contributed by atoms with E-state index in [-0.39, 0.29) is 11.5 Å². The molecule has 0 atom stereocenters. The molecule has 2 N–H and O–H groups in total. The summed E-state index contributed by atoms with van der Waals surface area (Å²) in [5.41, 5.74) is 3.16. The molecule has 0 fully saturated rings. The van der Waals surface area contributed by atoms with Gasteiger partial charge in [0.1, 0.15) is 0 Å². The number of hydrogen-bond acceptors (Lipinski definition) is 3. The summed E-state index contributed by atoms with van der Waals surface area (Å²) in [5, 5.41) is 4.95. The molecule has 1 heterocycles. The van der Waals surface area contributed by atoms with Crippen molar-refractivity contribution in [2.45, 2.75) is 19.8 Å². The van der Waals surface area contributed by atoms with Gasteiger partial charge in [0.25, 0.3) is 11.8 Å². The SMILES string of the molecule is Cc1ccc(CCC(=O)Nc2cccc3c2C(=O)NC3=O)cc1. The van der Waals surface area contributed by atoms with E-state index in [1.54, 1.807) is 18.2 Å². The summed E-state index contributed by atoms with van der Waals surface area (Å²) in [6.07, 6.45) is 0.925. The predicted molar refractivity (Wildman–Crippen MR) is 86.4 cm³/mol. The first kappa shape index (κ1) is 15.0. The molecule has 0 unspecified atom stereocenters. The number of hydrogen-bond donors (Lipinski definition) is 2. The minimum absolute atomic E-state index is 0.189. The number of imide groups is 1. The maximum Gasteiger partial charge on any atom is 0.261 e. The molecule has 5 heteroatoms. The number of rotatable bonds is 4. The standard InChI is InChI=1S/C18H16N2O3/c1-11-5-7-12(8-6-11)9-10-15(21)19-14-4-2-3-13-16(14)18(23)20-17(13)22/h2-8H,9-10H2,1H3,(H,19,21)(H,20,22,23). The first-order chi connectivity index (χ1) is 11.0. The number of anilines is 1. The summed E-state index contributed by atoms with van der Waals surface area (Å²) in [6.45, 7) is 2.01. The van der Waals surface area contributed by atoms with E-state index in [0.717, 1.165) is 5.56 Å². The summed E-state index contributed by atoms with van der Waals surface area (Å²) < 4.78 is 0. The van der Waals surface area contributed by atoms with Crippen molar-refractivity contribution in [3.05, 3.63) is 64.7 Å². The largest absolute Gasteiger partial charge is 0.325 e. The van der Waals surface area contributed by atoms with Crippen LogP contribution in [-0.4, -0.2) is 17.7 Å². The molecule has 3 rings (SSSR count). The Kier molecular flexibility index (Phi) is 3.93. The van der Waals surface area contributed by atoms with E-state index in [4.69, 9.17) is 0 Å². The molecule has 0 saturated carbocycles. The van der Waals surface area contributed by atoms with Gasteiger partial charge in [0.15, 0.2) is 0 Å². The summed E-state index contributed by atoms with van der Waals surface area (Å²) in [6, 6.07) is 12.8. The number of benzene rings is 2. The van der Waals surface area contributed by atoms with Crippen LogP contribution in [0.2, 0.25) is 0 Å². The maximum absolute atomic E-state index is 12.1. The van der Waals surface area contributed by atoms with Crippen LogP contribution in [0.1, 0.15) is 38.3 Å². The number of nitrogens with one attached hydrogen (secondary N) is 2. The molecular weight excluding hydrogens is 292 g/mol. The van der Waals surface area contributed by atoms with Gasteiger partial charge in [-0.05, 0) is 31.0 Å². The first-order valence-corrected chi connectivity index (χ1v) is 7.38. The van der Waals surface area contributed by atoms with Gasteiger partial charge in [-0.15, -0.1) is 0 Å². The van der Waals surface area contributed by atoms with Crippen LogP contribution >= 0.6 is 0 Å². The molecule has 116 valence electrons. The quantitative estimate of drug-likeness (QED) is 0.852. The van der Waals surface area contributed by atoms with E-state index < -0.39 is 11.8 Å². The first-order valence-electron chi connectivity index (χ1n) is 7.38. The van der Waals surface area contributed by atoms with Crippen LogP contribution in [0.3, 0.4) is 0 Å². The molecule has 0 radical (unpaired) electrons. The lowest BCUT2D eigenvalue weighted by molar-refractivity contribution is -0.116. The predicted octanol–water partition coefficient (Wildman–Crippen LogP) is 2.45. The molecule has 0 aliphatic carbocycles. The van der Waals surface area contributed by atoms with Gasteiger partial charge in [0.05, 0.1) is 16.8 Å². The van der Waals surface area contributed by atoms with Crippen molar-refractivity contribution in [2.24, 2.45) is 0 Å². The Balaban J connectivity index is 1.68. The van der Waals surface area contributed by atoms with E-state index in [1.807, 2.05) is 31.2 Å². The van der Waals surface area contributed by atoms with Crippen LogP contribution in [0.5, 0.6) is 0 Å².